The normalized spacial score (nSPS) is 15.3. The largest absolute Gasteiger partial charge is 0.355 e. The molecular weight excluding hydrogens is 361 g/mol. The van der Waals surface area contributed by atoms with E-state index in [-0.39, 0.29) is 5.82 Å². The molecule has 4 rings (SSSR count). The Hall–Kier alpha value is -2.30. The van der Waals surface area contributed by atoms with E-state index in [1.165, 1.54) is 17.7 Å². The minimum Gasteiger partial charge on any atom is -0.355 e. The number of anilines is 1. The molecule has 2 heterocycles. The van der Waals surface area contributed by atoms with Crippen LogP contribution in [0.15, 0.2) is 60.8 Å². The summed E-state index contributed by atoms with van der Waals surface area (Å²) in [6.45, 7) is 4.03. The van der Waals surface area contributed by atoms with Crippen molar-refractivity contribution in [3.8, 4) is 5.69 Å². The second-order valence-electron chi connectivity index (χ2n) is 7.11. The fourth-order valence-corrected chi connectivity index (χ4v) is 3.75. The Labute approximate surface area is 164 Å². The summed E-state index contributed by atoms with van der Waals surface area (Å²) in [5.74, 6) is 0.931. The van der Waals surface area contributed by atoms with Crippen LogP contribution in [0, 0.1) is 5.82 Å². The summed E-state index contributed by atoms with van der Waals surface area (Å²) >= 11 is 6.36. The van der Waals surface area contributed by atoms with E-state index < -0.39 is 0 Å². The maximum absolute atomic E-state index is 13.4. The first-order valence-corrected chi connectivity index (χ1v) is 9.62. The van der Waals surface area contributed by atoms with Crippen LogP contribution in [0.5, 0.6) is 0 Å². The third kappa shape index (κ3) is 4.02. The van der Waals surface area contributed by atoms with Crippen LogP contribution in [-0.2, 0) is 6.42 Å². The number of halogens is 2. The number of hydrogen-bond donors (Lipinski definition) is 0. The SMILES string of the molecule is CN1CCN(c2cc(Cc3ccccc3Cl)cn2-c2ccc(F)cc2)CC1. The van der Waals surface area contributed by atoms with Gasteiger partial charge >= 0.3 is 0 Å². The lowest BCUT2D eigenvalue weighted by Crippen LogP contribution is -2.45. The number of piperazine rings is 1. The Balaban J connectivity index is 1.70. The van der Waals surface area contributed by atoms with Gasteiger partial charge in [-0.25, -0.2) is 4.39 Å². The highest BCUT2D eigenvalue weighted by Crippen LogP contribution is 2.28. The third-order valence-corrected chi connectivity index (χ3v) is 5.51. The monoisotopic (exact) mass is 383 g/mol. The lowest BCUT2D eigenvalue weighted by atomic mass is 10.1. The zero-order chi connectivity index (χ0) is 18.8. The van der Waals surface area contributed by atoms with E-state index in [4.69, 9.17) is 11.6 Å². The van der Waals surface area contributed by atoms with Gasteiger partial charge in [-0.2, -0.15) is 0 Å². The van der Waals surface area contributed by atoms with Gasteiger partial charge in [0.1, 0.15) is 11.6 Å². The smallest absolute Gasteiger partial charge is 0.123 e. The third-order valence-electron chi connectivity index (χ3n) is 5.14. The highest BCUT2D eigenvalue weighted by Gasteiger charge is 2.19. The minimum atomic E-state index is -0.219. The van der Waals surface area contributed by atoms with Crippen molar-refractivity contribution in [3.63, 3.8) is 0 Å². The fraction of sp³-hybridized carbons (Fsp3) is 0.273. The van der Waals surface area contributed by atoms with E-state index in [0.29, 0.717) is 0 Å². The first kappa shape index (κ1) is 18.1. The number of aromatic nitrogens is 1. The van der Waals surface area contributed by atoms with Gasteiger partial charge in [0.05, 0.1) is 0 Å². The molecule has 1 aliphatic rings. The number of likely N-dealkylation sites (N-methyl/N-ethyl adjacent to an activating group) is 1. The van der Waals surface area contributed by atoms with Crippen LogP contribution in [0.2, 0.25) is 5.02 Å². The summed E-state index contributed by atoms with van der Waals surface area (Å²) < 4.78 is 15.6. The van der Waals surface area contributed by atoms with Crippen molar-refractivity contribution < 1.29 is 4.39 Å². The maximum atomic E-state index is 13.4. The zero-order valence-corrected chi connectivity index (χ0v) is 16.2. The molecule has 1 fully saturated rings. The van der Waals surface area contributed by atoms with Crippen molar-refractivity contribution in [2.45, 2.75) is 6.42 Å². The van der Waals surface area contributed by atoms with Crippen LogP contribution < -0.4 is 4.90 Å². The minimum absolute atomic E-state index is 0.219. The zero-order valence-electron chi connectivity index (χ0n) is 15.4. The van der Waals surface area contributed by atoms with Gasteiger partial charge in [-0.05, 0) is 54.6 Å². The number of hydrogen-bond acceptors (Lipinski definition) is 2. The molecule has 0 spiro atoms. The summed E-state index contributed by atoms with van der Waals surface area (Å²) in [7, 11) is 2.15. The first-order chi connectivity index (χ1) is 13.1. The van der Waals surface area contributed by atoms with E-state index in [2.05, 4.69) is 39.7 Å². The lowest BCUT2D eigenvalue weighted by Gasteiger charge is -2.34. The Bertz CT molecular complexity index is 912. The van der Waals surface area contributed by atoms with E-state index in [1.54, 1.807) is 0 Å². The van der Waals surface area contributed by atoms with E-state index in [1.807, 2.05) is 30.3 Å². The first-order valence-electron chi connectivity index (χ1n) is 9.24. The molecule has 0 saturated carbocycles. The molecule has 0 unspecified atom stereocenters. The molecular formula is C22H23ClFN3. The van der Waals surface area contributed by atoms with Crippen molar-refractivity contribution in [2.75, 3.05) is 38.1 Å². The number of nitrogens with zero attached hydrogens (tertiary/aromatic N) is 3. The van der Waals surface area contributed by atoms with Crippen molar-refractivity contribution in [1.29, 1.82) is 0 Å². The fourth-order valence-electron chi connectivity index (χ4n) is 3.55. The molecule has 0 radical (unpaired) electrons. The van der Waals surface area contributed by atoms with Crippen molar-refractivity contribution in [3.05, 3.63) is 82.8 Å². The molecule has 1 aromatic heterocycles. The Morgan fingerprint density at radius 2 is 1.67 bits per heavy atom. The molecule has 27 heavy (non-hydrogen) atoms. The Morgan fingerprint density at radius 3 is 2.37 bits per heavy atom. The van der Waals surface area contributed by atoms with Gasteiger partial charge in [0.2, 0.25) is 0 Å². The maximum Gasteiger partial charge on any atom is 0.123 e. The highest BCUT2D eigenvalue weighted by molar-refractivity contribution is 6.31. The molecule has 3 aromatic rings. The van der Waals surface area contributed by atoms with Gasteiger partial charge in [0.15, 0.2) is 0 Å². The Morgan fingerprint density at radius 1 is 0.963 bits per heavy atom. The summed E-state index contributed by atoms with van der Waals surface area (Å²) in [6, 6.07) is 16.9. The molecule has 1 aliphatic heterocycles. The van der Waals surface area contributed by atoms with Crippen LogP contribution in [-0.4, -0.2) is 42.7 Å². The van der Waals surface area contributed by atoms with Gasteiger partial charge in [-0.1, -0.05) is 29.8 Å². The van der Waals surface area contributed by atoms with Crippen LogP contribution >= 0.6 is 11.6 Å². The van der Waals surface area contributed by atoms with E-state index in [9.17, 15) is 4.39 Å². The number of benzene rings is 2. The summed E-state index contributed by atoms with van der Waals surface area (Å²) in [5.41, 5.74) is 3.28. The summed E-state index contributed by atoms with van der Waals surface area (Å²) in [4.78, 5) is 4.74. The second-order valence-corrected chi connectivity index (χ2v) is 7.52. The molecule has 0 N–H and O–H groups in total. The molecule has 1 saturated heterocycles. The van der Waals surface area contributed by atoms with Crippen molar-refractivity contribution in [2.24, 2.45) is 0 Å². The molecule has 0 amide bonds. The number of rotatable bonds is 4. The molecule has 0 bridgehead atoms. The van der Waals surface area contributed by atoms with Crippen LogP contribution in [0.25, 0.3) is 5.69 Å². The predicted molar refractivity (Wildman–Crippen MR) is 110 cm³/mol. The average Bonchev–Trinajstić information content (AvgIpc) is 3.09. The highest BCUT2D eigenvalue weighted by atomic mass is 35.5. The molecule has 5 heteroatoms. The molecule has 0 atom stereocenters. The van der Waals surface area contributed by atoms with Crippen LogP contribution in [0.3, 0.4) is 0 Å². The van der Waals surface area contributed by atoms with Gasteiger partial charge in [-0.15, -0.1) is 0 Å². The Kier molecular flexibility index (Phi) is 5.19. The van der Waals surface area contributed by atoms with Gasteiger partial charge < -0.3 is 14.4 Å². The quantitative estimate of drug-likeness (QED) is 0.651. The van der Waals surface area contributed by atoms with E-state index >= 15 is 0 Å². The summed E-state index contributed by atoms with van der Waals surface area (Å²) in [6.07, 6.45) is 2.92. The standard InChI is InChI=1S/C22H23ClFN3/c1-25-10-12-26(13-11-25)22-15-17(14-18-4-2-3-5-21(18)23)16-27(22)20-8-6-19(24)7-9-20/h2-9,15-16H,10-14H2,1H3. The predicted octanol–water partition coefficient (Wildman–Crippen LogP) is 4.61. The molecule has 140 valence electrons. The summed E-state index contributed by atoms with van der Waals surface area (Å²) in [5, 5.41) is 0.785. The lowest BCUT2D eigenvalue weighted by molar-refractivity contribution is 0.311. The van der Waals surface area contributed by atoms with Gasteiger partial charge in [0.25, 0.3) is 0 Å². The second kappa shape index (κ2) is 7.75. The molecule has 2 aromatic carbocycles. The van der Waals surface area contributed by atoms with Crippen molar-refractivity contribution >= 4 is 17.4 Å². The molecule has 3 nitrogen and oxygen atoms in total. The van der Waals surface area contributed by atoms with E-state index in [0.717, 1.165) is 54.7 Å². The van der Waals surface area contributed by atoms with Crippen LogP contribution in [0.1, 0.15) is 11.1 Å². The van der Waals surface area contributed by atoms with Gasteiger partial charge in [0, 0.05) is 49.5 Å². The molecule has 0 aliphatic carbocycles. The van der Waals surface area contributed by atoms with Crippen LogP contribution in [0.4, 0.5) is 10.2 Å². The van der Waals surface area contributed by atoms with Crippen molar-refractivity contribution in [1.82, 2.24) is 9.47 Å². The average molecular weight is 384 g/mol. The van der Waals surface area contributed by atoms with Gasteiger partial charge in [-0.3, -0.25) is 0 Å². The topological polar surface area (TPSA) is 11.4 Å².